The van der Waals surface area contributed by atoms with E-state index in [4.69, 9.17) is 0 Å². The van der Waals surface area contributed by atoms with Crippen LogP contribution in [0.15, 0.2) is 35.5 Å². The van der Waals surface area contributed by atoms with E-state index < -0.39 is 7.12 Å². The minimum Gasteiger partial charge on any atom is -0.423 e. The molecule has 0 aromatic carbocycles. The van der Waals surface area contributed by atoms with Crippen LogP contribution in [-0.4, -0.2) is 37.8 Å². The summed E-state index contributed by atoms with van der Waals surface area (Å²) in [6.07, 6.45) is 1.64. The fourth-order valence-corrected chi connectivity index (χ4v) is 2.92. The zero-order chi connectivity index (χ0) is 13.6. The number of nitrogens with zero attached hydrogens (tertiary/aromatic N) is 2. The van der Waals surface area contributed by atoms with Crippen molar-refractivity contribution >= 4 is 40.8 Å². The second kappa shape index (κ2) is 4.52. The summed E-state index contributed by atoms with van der Waals surface area (Å²) in [6, 6.07) is 7.23. The molecule has 0 saturated carbocycles. The molecule has 1 amide bonds. The second-order valence-corrected chi connectivity index (χ2v) is 5.69. The SMILES string of the molecule is CC1SC(c2ccc3ccc(B(O)O)cn23)=NC1=O. The number of fused-ring (bicyclic) bond motifs is 1. The quantitative estimate of drug-likeness (QED) is 0.758. The molecule has 5 nitrogen and oxygen atoms in total. The number of amides is 1. The van der Waals surface area contributed by atoms with Crippen LogP contribution in [0.25, 0.3) is 5.52 Å². The molecule has 1 atom stereocenters. The van der Waals surface area contributed by atoms with Crippen LogP contribution in [0.1, 0.15) is 12.6 Å². The first kappa shape index (κ1) is 12.5. The number of rotatable bonds is 2. The minimum atomic E-state index is -1.52. The maximum Gasteiger partial charge on any atom is 0.489 e. The molecule has 3 heterocycles. The third-order valence-electron chi connectivity index (χ3n) is 3.04. The summed E-state index contributed by atoms with van der Waals surface area (Å²) in [6.45, 7) is 1.82. The van der Waals surface area contributed by atoms with E-state index in [1.807, 2.05) is 23.5 Å². The average molecular weight is 274 g/mol. The smallest absolute Gasteiger partial charge is 0.423 e. The number of hydrogen-bond donors (Lipinski definition) is 2. The van der Waals surface area contributed by atoms with Crippen LogP contribution in [0.3, 0.4) is 0 Å². The average Bonchev–Trinajstić information content (AvgIpc) is 2.93. The highest BCUT2D eigenvalue weighted by molar-refractivity contribution is 8.16. The highest BCUT2D eigenvalue weighted by atomic mass is 32.2. The predicted octanol–water partition coefficient (Wildman–Crippen LogP) is 0.0276. The van der Waals surface area contributed by atoms with Gasteiger partial charge in [-0.1, -0.05) is 17.8 Å². The number of thioether (sulfide) groups is 1. The summed E-state index contributed by atoms with van der Waals surface area (Å²) >= 11 is 1.42. The number of carbonyl (C=O) groups is 1. The van der Waals surface area contributed by atoms with Crippen LogP contribution in [0.4, 0.5) is 0 Å². The van der Waals surface area contributed by atoms with Crippen LogP contribution in [0.2, 0.25) is 0 Å². The third-order valence-corrected chi connectivity index (χ3v) is 4.12. The van der Waals surface area contributed by atoms with Crippen molar-refractivity contribution in [3.63, 3.8) is 0 Å². The van der Waals surface area contributed by atoms with Crippen molar-refractivity contribution in [3.8, 4) is 0 Å². The zero-order valence-electron chi connectivity index (χ0n) is 10.1. The van der Waals surface area contributed by atoms with Crippen molar-refractivity contribution in [3.05, 3.63) is 36.2 Å². The largest absolute Gasteiger partial charge is 0.489 e. The maximum absolute atomic E-state index is 11.5. The van der Waals surface area contributed by atoms with Gasteiger partial charge in [0.15, 0.2) is 0 Å². The molecular formula is C12H11BN2O3S. The summed E-state index contributed by atoms with van der Waals surface area (Å²) in [5, 5.41) is 18.9. The van der Waals surface area contributed by atoms with Gasteiger partial charge in [0, 0.05) is 11.7 Å². The molecule has 2 aromatic heterocycles. The lowest BCUT2D eigenvalue weighted by Crippen LogP contribution is -2.30. The Hall–Kier alpha value is -1.57. The molecule has 7 heteroatoms. The Morgan fingerprint density at radius 3 is 2.68 bits per heavy atom. The Kier molecular flexibility index (Phi) is 2.97. The van der Waals surface area contributed by atoms with Crippen molar-refractivity contribution < 1.29 is 14.8 Å². The number of aromatic nitrogens is 1. The Morgan fingerprint density at radius 1 is 1.32 bits per heavy atom. The summed E-state index contributed by atoms with van der Waals surface area (Å²) < 4.78 is 1.81. The van der Waals surface area contributed by atoms with E-state index in [-0.39, 0.29) is 11.2 Å². The standard InChI is InChI=1S/C12H11BN2O3S/c1-7-11(16)14-12(19-7)10-5-4-9-3-2-8(13(17)18)6-15(9)10/h2-7,17-18H,1H3. The molecule has 0 spiro atoms. The van der Waals surface area contributed by atoms with Gasteiger partial charge in [-0.15, -0.1) is 0 Å². The van der Waals surface area contributed by atoms with Gasteiger partial charge in [-0.2, -0.15) is 0 Å². The Labute approximate surface area is 114 Å². The number of aliphatic imine (C=N–C) groups is 1. The summed E-state index contributed by atoms with van der Waals surface area (Å²) in [7, 11) is -1.52. The molecular weight excluding hydrogens is 263 g/mol. The summed E-state index contributed by atoms with van der Waals surface area (Å²) in [5.41, 5.74) is 2.10. The van der Waals surface area contributed by atoms with Gasteiger partial charge in [-0.3, -0.25) is 4.79 Å². The molecule has 1 aliphatic rings. The van der Waals surface area contributed by atoms with E-state index in [9.17, 15) is 14.8 Å². The zero-order valence-corrected chi connectivity index (χ0v) is 11.0. The van der Waals surface area contributed by atoms with E-state index >= 15 is 0 Å². The Morgan fingerprint density at radius 2 is 2.05 bits per heavy atom. The highest BCUT2D eigenvalue weighted by Gasteiger charge is 2.26. The van der Waals surface area contributed by atoms with Crippen LogP contribution in [-0.2, 0) is 4.79 Å². The van der Waals surface area contributed by atoms with Crippen molar-refractivity contribution in [2.24, 2.45) is 4.99 Å². The predicted molar refractivity (Wildman–Crippen MR) is 75.8 cm³/mol. The van der Waals surface area contributed by atoms with Gasteiger partial charge < -0.3 is 14.4 Å². The van der Waals surface area contributed by atoms with Crippen molar-refractivity contribution in [2.45, 2.75) is 12.2 Å². The molecule has 0 fully saturated rings. The van der Waals surface area contributed by atoms with Crippen LogP contribution in [0, 0.1) is 0 Å². The molecule has 1 aliphatic heterocycles. The van der Waals surface area contributed by atoms with E-state index in [2.05, 4.69) is 4.99 Å². The molecule has 96 valence electrons. The van der Waals surface area contributed by atoms with Gasteiger partial charge in [0.25, 0.3) is 5.91 Å². The van der Waals surface area contributed by atoms with Gasteiger partial charge >= 0.3 is 7.12 Å². The minimum absolute atomic E-state index is 0.131. The van der Waals surface area contributed by atoms with Crippen LogP contribution in [0.5, 0.6) is 0 Å². The van der Waals surface area contributed by atoms with Crippen molar-refractivity contribution in [1.29, 1.82) is 0 Å². The maximum atomic E-state index is 11.5. The van der Waals surface area contributed by atoms with E-state index in [1.165, 1.54) is 11.8 Å². The van der Waals surface area contributed by atoms with Crippen molar-refractivity contribution in [2.75, 3.05) is 0 Å². The van der Waals surface area contributed by atoms with Gasteiger partial charge in [0.2, 0.25) is 0 Å². The first-order valence-electron chi connectivity index (χ1n) is 5.83. The molecule has 1 unspecified atom stereocenters. The first-order chi connectivity index (χ1) is 9.06. The van der Waals surface area contributed by atoms with Crippen LogP contribution < -0.4 is 5.46 Å². The summed E-state index contributed by atoms with van der Waals surface area (Å²) in [4.78, 5) is 15.5. The fourth-order valence-electron chi connectivity index (χ4n) is 2.00. The van der Waals surface area contributed by atoms with Gasteiger partial charge in [0.05, 0.1) is 10.9 Å². The van der Waals surface area contributed by atoms with Gasteiger partial charge in [0.1, 0.15) is 5.04 Å². The fraction of sp³-hybridized carbons (Fsp3) is 0.167. The van der Waals surface area contributed by atoms with Crippen LogP contribution >= 0.6 is 11.8 Å². The molecule has 2 N–H and O–H groups in total. The van der Waals surface area contributed by atoms with Gasteiger partial charge in [-0.25, -0.2) is 4.99 Å². The highest BCUT2D eigenvalue weighted by Crippen LogP contribution is 2.27. The molecule has 2 aromatic rings. The lowest BCUT2D eigenvalue weighted by atomic mass is 9.82. The number of carbonyl (C=O) groups excluding carboxylic acids is 1. The third kappa shape index (κ3) is 2.09. The lowest BCUT2D eigenvalue weighted by Gasteiger charge is -2.05. The lowest BCUT2D eigenvalue weighted by molar-refractivity contribution is -0.116. The molecule has 0 bridgehead atoms. The van der Waals surface area contributed by atoms with E-state index in [1.54, 1.807) is 18.3 Å². The molecule has 19 heavy (non-hydrogen) atoms. The molecule has 0 radical (unpaired) electrons. The van der Waals surface area contributed by atoms with Crippen molar-refractivity contribution in [1.82, 2.24) is 4.40 Å². The summed E-state index contributed by atoms with van der Waals surface area (Å²) in [5.74, 6) is -0.131. The second-order valence-electron chi connectivity index (χ2n) is 4.36. The number of pyridine rings is 1. The number of hydrogen-bond acceptors (Lipinski definition) is 4. The first-order valence-corrected chi connectivity index (χ1v) is 6.71. The monoisotopic (exact) mass is 274 g/mol. The van der Waals surface area contributed by atoms with E-state index in [0.717, 1.165) is 11.2 Å². The Bertz CT molecular complexity index is 695. The van der Waals surface area contributed by atoms with Gasteiger partial charge in [-0.05, 0) is 30.6 Å². The van der Waals surface area contributed by atoms with E-state index in [0.29, 0.717) is 10.5 Å². The Balaban J connectivity index is 2.12. The topological polar surface area (TPSA) is 74.3 Å². The normalized spacial score (nSPS) is 19.0. The molecule has 0 saturated heterocycles. The molecule has 0 aliphatic carbocycles. The molecule has 3 rings (SSSR count).